The van der Waals surface area contributed by atoms with Gasteiger partial charge >= 0.3 is 0 Å². The molecule has 1 aromatic rings. The van der Waals surface area contributed by atoms with Gasteiger partial charge in [0.1, 0.15) is 0 Å². The van der Waals surface area contributed by atoms with Gasteiger partial charge in [-0.15, -0.1) is 19.0 Å². The lowest BCUT2D eigenvalue weighted by atomic mass is 10.0. The van der Waals surface area contributed by atoms with Crippen molar-refractivity contribution in [2.75, 3.05) is 14.2 Å². The van der Waals surface area contributed by atoms with E-state index in [4.69, 9.17) is 15.2 Å². The van der Waals surface area contributed by atoms with Crippen molar-refractivity contribution in [3.63, 3.8) is 0 Å². The van der Waals surface area contributed by atoms with Gasteiger partial charge in [-0.3, -0.25) is 10.1 Å². The summed E-state index contributed by atoms with van der Waals surface area (Å²) in [6, 6.07) is 2.45. The van der Waals surface area contributed by atoms with E-state index in [9.17, 15) is 10.1 Å². The summed E-state index contributed by atoms with van der Waals surface area (Å²) in [7, 11) is 2.90. The predicted octanol–water partition coefficient (Wildman–Crippen LogP) is 3.00. The number of allylic oxidation sites excluding steroid dienone is 1. The Kier molecular flexibility index (Phi) is 7.64. The molecule has 1 atom stereocenters. The van der Waals surface area contributed by atoms with E-state index >= 15 is 0 Å². The van der Waals surface area contributed by atoms with Gasteiger partial charge in [0.15, 0.2) is 11.5 Å². The fraction of sp³-hybridized carbons (Fsp3) is 0.385. The number of methoxy groups -OCH3 is 2. The molecule has 0 saturated heterocycles. The maximum Gasteiger partial charge on any atom is 0.278 e. The molecule has 0 aliphatic rings. The third-order valence-corrected chi connectivity index (χ3v) is 2.81. The minimum absolute atomic E-state index is 0. The summed E-state index contributed by atoms with van der Waals surface area (Å²) in [5.41, 5.74) is 6.36. The molecule has 1 rings (SSSR count). The SMILES string of the molecule is C=CCC[C@@H](N)c1cc(OC)c(OC)cc1[N+](=O)[O-].Cl. The summed E-state index contributed by atoms with van der Waals surface area (Å²) in [5, 5.41) is 11.1. The third kappa shape index (κ3) is 4.11. The number of nitro benzene ring substituents is 1. The Morgan fingerprint density at radius 3 is 2.40 bits per heavy atom. The molecule has 7 heteroatoms. The molecule has 112 valence electrons. The van der Waals surface area contributed by atoms with Crippen LogP contribution >= 0.6 is 12.4 Å². The highest BCUT2D eigenvalue weighted by atomic mass is 35.5. The lowest BCUT2D eigenvalue weighted by Gasteiger charge is -2.14. The average Bonchev–Trinajstić information content (AvgIpc) is 2.42. The lowest BCUT2D eigenvalue weighted by Crippen LogP contribution is -2.12. The zero-order chi connectivity index (χ0) is 14.4. The summed E-state index contributed by atoms with van der Waals surface area (Å²) in [5.74, 6) is 0.742. The molecule has 1 aromatic carbocycles. The van der Waals surface area contributed by atoms with Gasteiger partial charge in [-0.25, -0.2) is 0 Å². The van der Waals surface area contributed by atoms with Crippen molar-refractivity contribution in [1.82, 2.24) is 0 Å². The van der Waals surface area contributed by atoms with Crippen LogP contribution in [0.3, 0.4) is 0 Å². The molecule has 6 nitrogen and oxygen atoms in total. The summed E-state index contributed by atoms with van der Waals surface area (Å²) in [6.07, 6.45) is 3.00. The maximum atomic E-state index is 11.1. The van der Waals surface area contributed by atoms with Crippen LogP contribution in [-0.4, -0.2) is 19.1 Å². The Morgan fingerprint density at radius 1 is 1.40 bits per heavy atom. The molecule has 0 bridgehead atoms. The minimum Gasteiger partial charge on any atom is -0.493 e. The first-order valence-electron chi connectivity index (χ1n) is 5.81. The Balaban J connectivity index is 0.00000361. The normalized spacial score (nSPS) is 11.2. The van der Waals surface area contributed by atoms with Gasteiger partial charge in [0.2, 0.25) is 0 Å². The fourth-order valence-corrected chi connectivity index (χ4v) is 1.79. The zero-order valence-electron chi connectivity index (χ0n) is 11.5. The molecule has 0 radical (unpaired) electrons. The fourth-order valence-electron chi connectivity index (χ4n) is 1.79. The van der Waals surface area contributed by atoms with Crippen molar-refractivity contribution >= 4 is 18.1 Å². The third-order valence-electron chi connectivity index (χ3n) is 2.81. The van der Waals surface area contributed by atoms with Crippen molar-refractivity contribution in [3.05, 3.63) is 40.5 Å². The van der Waals surface area contributed by atoms with Crippen LogP contribution in [-0.2, 0) is 0 Å². The number of ether oxygens (including phenoxy) is 2. The van der Waals surface area contributed by atoms with Crippen LogP contribution in [0.25, 0.3) is 0 Å². The molecule has 0 aliphatic carbocycles. The highest BCUT2D eigenvalue weighted by molar-refractivity contribution is 5.85. The molecule has 2 N–H and O–H groups in total. The van der Waals surface area contributed by atoms with Gasteiger partial charge in [0.05, 0.1) is 30.8 Å². The molecule has 0 aliphatic heterocycles. The van der Waals surface area contributed by atoms with Gasteiger partial charge in [0, 0.05) is 6.04 Å². The second-order valence-corrected chi connectivity index (χ2v) is 4.00. The van der Waals surface area contributed by atoms with Crippen LogP contribution in [0.4, 0.5) is 5.69 Å². The van der Waals surface area contributed by atoms with Crippen LogP contribution < -0.4 is 15.2 Å². The number of rotatable bonds is 7. The Hall–Kier alpha value is -1.79. The minimum atomic E-state index is -0.467. The van der Waals surface area contributed by atoms with Crippen LogP contribution in [0.1, 0.15) is 24.4 Å². The van der Waals surface area contributed by atoms with Crippen LogP contribution in [0, 0.1) is 10.1 Å². The molecule has 0 aromatic heterocycles. The predicted molar refractivity (Wildman–Crippen MR) is 79.8 cm³/mol. The summed E-state index contributed by atoms with van der Waals surface area (Å²) in [6.45, 7) is 3.61. The molecule has 0 spiro atoms. The van der Waals surface area contributed by atoms with Gasteiger partial charge < -0.3 is 15.2 Å². The molecular weight excluding hydrogens is 284 g/mol. The highest BCUT2D eigenvalue weighted by Crippen LogP contribution is 2.37. The van der Waals surface area contributed by atoms with Gasteiger partial charge in [0.25, 0.3) is 5.69 Å². The zero-order valence-corrected chi connectivity index (χ0v) is 12.3. The van der Waals surface area contributed by atoms with E-state index in [1.807, 2.05) is 0 Å². The van der Waals surface area contributed by atoms with Crippen LogP contribution in [0.2, 0.25) is 0 Å². The van der Waals surface area contributed by atoms with E-state index in [1.165, 1.54) is 20.3 Å². The van der Waals surface area contributed by atoms with Crippen molar-refractivity contribution in [2.24, 2.45) is 5.73 Å². The highest BCUT2D eigenvalue weighted by Gasteiger charge is 2.23. The Labute approximate surface area is 124 Å². The van der Waals surface area contributed by atoms with Crippen molar-refractivity contribution in [2.45, 2.75) is 18.9 Å². The van der Waals surface area contributed by atoms with E-state index in [1.54, 1.807) is 12.1 Å². The van der Waals surface area contributed by atoms with E-state index in [2.05, 4.69) is 6.58 Å². The molecule has 0 fully saturated rings. The number of halogens is 1. The lowest BCUT2D eigenvalue weighted by molar-refractivity contribution is -0.385. The smallest absolute Gasteiger partial charge is 0.278 e. The first kappa shape index (κ1) is 18.2. The second-order valence-electron chi connectivity index (χ2n) is 4.00. The summed E-state index contributed by atoms with van der Waals surface area (Å²) < 4.78 is 10.2. The second kappa shape index (κ2) is 8.39. The largest absolute Gasteiger partial charge is 0.493 e. The number of hydrogen-bond donors (Lipinski definition) is 1. The monoisotopic (exact) mass is 302 g/mol. The van der Waals surface area contributed by atoms with Gasteiger partial charge in [-0.2, -0.15) is 0 Å². The van der Waals surface area contributed by atoms with E-state index in [-0.39, 0.29) is 18.1 Å². The van der Waals surface area contributed by atoms with E-state index < -0.39 is 11.0 Å². The molecule has 20 heavy (non-hydrogen) atoms. The maximum absolute atomic E-state index is 11.1. The molecule has 0 amide bonds. The number of hydrogen-bond acceptors (Lipinski definition) is 5. The Bertz CT molecular complexity index is 480. The standard InChI is InChI=1S/C13H18N2O4.ClH/c1-4-5-6-10(14)9-7-12(18-2)13(19-3)8-11(9)15(16)17;/h4,7-8,10H,1,5-6,14H2,2-3H3;1H/t10-;/m1./s1. The number of nitrogens with zero attached hydrogens (tertiary/aromatic N) is 1. The van der Waals surface area contributed by atoms with Crippen molar-refractivity contribution < 1.29 is 14.4 Å². The average molecular weight is 303 g/mol. The van der Waals surface area contributed by atoms with Crippen LogP contribution in [0.5, 0.6) is 11.5 Å². The van der Waals surface area contributed by atoms with Gasteiger partial charge in [-0.05, 0) is 18.9 Å². The summed E-state index contributed by atoms with van der Waals surface area (Å²) >= 11 is 0. The number of nitrogens with two attached hydrogens (primary N) is 1. The molecule has 0 heterocycles. The topological polar surface area (TPSA) is 87.6 Å². The number of nitro groups is 1. The molecule has 0 unspecified atom stereocenters. The first-order chi connectivity index (χ1) is 9.04. The van der Waals surface area contributed by atoms with Crippen molar-refractivity contribution in [1.29, 1.82) is 0 Å². The summed E-state index contributed by atoms with van der Waals surface area (Å²) in [4.78, 5) is 10.6. The number of benzene rings is 1. The Morgan fingerprint density at radius 2 is 1.95 bits per heavy atom. The van der Waals surface area contributed by atoms with Gasteiger partial charge in [-0.1, -0.05) is 6.08 Å². The van der Waals surface area contributed by atoms with E-state index in [0.29, 0.717) is 29.9 Å². The van der Waals surface area contributed by atoms with E-state index in [0.717, 1.165) is 0 Å². The molecule has 0 saturated carbocycles. The van der Waals surface area contributed by atoms with Crippen LogP contribution in [0.15, 0.2) is 24.8 Å². The first-order valence-corrected chi connectivity index (χ1v) is 5.81. The quantitative estimate of drug-likeness (QED) is 0.475. The van der Waals surface area contributed by atoms with Crippen molar-refractivity contribution in [3.8, 4) is 11.5 Å². The molecular formula is C13H19ClN2O4.